The Morgan fingerprint density at radius 3 is 2.96 bits per heavy atom. The van der Waals surface area contributed by atoms with Gasteiger partial charge in [-0.25, -0.2) is 18.2 Å². The smallest absolute Gasteiger partial charge is 0.317 e. The Bertz CT molecular complexity index is 628. The third-order valence-corrected chi connectivity index (χ3v) is 6.12. The van der Waals surface area contributed by atoms with Gasteiger partial charge in [-0.3, -0.25) is 0 Å². The number of sulfone groups is 1. The number of hydrogen-bond donors (Lipinski definition) is 1. The summed E-state index contributed by atoms with van der Waals surface area (Å²) in [5.41, 5.74) is 2.92. The van der Waals surface area contributed by atoms with Gasteiger partial charge in [0.25, 0.3) is 0 Å². The average molecular weight is 360 g/mol. The zero-order chi connectivity index (χ0) is 16.9. The molecular weight excluding hydrogens is 334 g/mol. The van der Waals surface area contributed by atoms with Gasteiger partial charge in [-0.2, -0.15) is 0 Å². The lowest BCUT2D eigenvalue weighted by atomic mass is 10.0. The van der Waals surface area contributed by atoms with Gasteiger partial charge in [-0.15, -0.1) is 11.3 Å². The number of aromatic nitrogens is 1. The SMILES string of the molecule is Cc1ncsc1CCCNC(=O)N1CCCC(CS(C)(=O)=O)C1. The van der Waals surface area contributed by atoms with Gasteiger partial charge in [0.05, 0.1) is 17.0 Å². The summed E-state index contributed by atoms with van der Waals surface area (Å²) in [4.78, 5) is 19.4. The first-order chi connectivity index (χ1) is 10.8. The number of piperidine rings is 1. The van der Waals surface area contributed by atoms with Gasteiger partial charge < -0.3 is 10.2 Å². The molecule has 0 spiro atoms. The lowest BCUT2D eigenvalue weighted by Crippen LogP contribution is -2.46. The van der Waals surface area contributed by atoms with Gasteiger partial charge in [-0.1, -0.05) is 0 Å². The Kier molecular flexibility index (Phi) is 6.41. The first-order valence-corrected chi connectivity index (χ1v) is 10.9. The van der Waals surface area contributed by atoms with Gasteiger partial charge in [0.15, 0.2) is 0 Å². The summed E-state index contributed by atoms with van der Waals surface area (Å²) in [6.07, 6.45) is 4.81. The molecule has 1 atom stereocenters. The van der Waals surface area contributed by atoms with Gasteiger partial charge in [0.1, 0.15) is 9.84 Å². The minimum absolute atomic E-state index is 0.0596. The molecule has 0 aromatic carbocycles. The number of thiazole rings is 1. The fraction of sp³-hybridized carbons (Fsp3) is 0.733. The van der Waals surface area contributed by atoms with Crippen molar-refractivity contribution in [3.8, 4) is 0 Å². The van der Waals surface area contributed by atoms with E-state index in [-0.39, 0.29) is 17.7 Å². The number of rotatable bonds is 6. The van der Waals surface area contributed by atoms with E-state index >= 15 is 0 Å². The molecule has 1 N–H and O–H groups in total. The van der Waals surface area contributed by atoms with Crippen LogP contribution in [-0.4, -0.2) is 56.0 Å². The summed E-state index contributed by atoms with van der Waals surface area (Å²) in [5.74, 6) is 0.228. The van der Waals surface area contributed by atoms with Crippen molar-refractivity contribution in [3.05, 3.63) is 16.1 Å². The number of aryl methyl sites for hydroxylation is 2. The Balaban J connectivity index is 1.71. The van der Waals surface area contributed by atoms with Crippen LogP contribution >= 0.6 is 11.3 Å². The number of amides is 2. The molecule has 1 aromatic rings. The summed E-state index contributed by atoms with van der Waals surface area (Å²) >= 11 is 1.65. The van der Waals surface area contributed by atoms with Crippen LogP contribution in [0.2, 0.25) is 0 Å². The molecule has 0 aliphatic carbocycles. The molecule has 2 amide bonds. The van der Waals surface area contributed by atoms with E-state index in [0.717, 1.165) is 31.4 Å². The largest absolute Gasteiger partial charge is 0.338 e. The number of hydrogen-bond acceptors (Lipinski definition) is 5. The molecule has 1 aromatic heterocycles. The quantitative estimate of drug-likeness (QED) is 0.786. The topological polar surface area (TPSA) is 79.4 Å². The molecule has 2 rings (SSSR count). The van der Waals surface area contributed by atoms with Gasteiger partial charge in [0, 0.05) is 30.8 Å². The highest BCUT2D eigenvalue weighted by molar-refractivity contribution is 7.90. The van der Waals surface area contributed by atoms with Crippen molar-refractivity contribution < 1.29 is 13.2 Å². The molecule has 0 radical (unpaired) electrons. The molecule has 8 heteroatoms. The highest BCUT2D eigenvalue weighted by atomic mass is 32.2. The van der Waals surface area contributed by atoms with Crippen LogP contribution in [0.5, 0.6) is 0 Å². The molecule has 0 bridgehead atoms. The standard InChI is InChI=1S/C15H25N3O3S2/c1-12-14(22-11-17-12)6-3-7-16-15(19)18-8-4-5-13(9-18)10-23(2,20)21/h11,13H,3-10H2,1-2H3,(H,16,19). The van der Waals surface area contributed by atoms with Gasteiger partial charge in [-0.05, 0) is 38.5 Å². The molecule has 23 heavy (non-hydrogen) atoms. The van der Waals surface area contributed by atoms with Crippen LogP contribution in [0.3, 0.4) is 0 Å². The zero-order valence-electron chi connectivity index (χ0n) is 13.7. The predicted octanol–water partition coefficient (Wildman–Crippen LogP) is 1.85. The predicted molar refractivity (Wildman–Crippen MR) is 92.6 cm³/mol. The van der Waals surface area contributed by atoms with E-state index in [0.29, 0.717) is 19.6 Å². The van der Waals surface area contributed by atoms with E-state index in [2.05, 4.69) is 10.3 Å². The van der Waals surface area contributed by atoms with E-state index in [1.165, 1.54) is 11.1 Å². The molecule has 1 saturated heterocycles. The maximum Gasteiger partial charge on any atom is 0.317 e. The van der Waals surface area contributed by atoms with Crippen molar-refractivity contribution in [1.82, 2.24) is 15.2 Å². The summed E-state index contributed by atoms with van der Waals surface area (Å²) < 4.78 is 22.8. The number of urea groups is 1. The Morgan fingerprint density at radius 2 is 2.30 bits per heavy atom. The van der Waals surface area contributed by atoms with Crippen molar-refractivity contribution in [1.29, 1.82) is 0 Å². The van der Waals surface area contributed by atoms with Crippen LogP contribution in [0, 0.1) is 12.8 Å². The van der Waals surface area contributed by atoms with Crippen molar-refractivity contribution >= 4 is 27.2 Å². The van der Waals surface area contributed by atoms with Crippen LogP contribution < -0.4 is 5.32 Å². The molecule has 6 nitrogen and oxygen atoms in total. The zero-order valence-corrected chi connectivity index (χ0v) is 15.4. The maximum absolute atomic E-state index is 12.2. The molecular formula is C15H25N3O3S2. The normalized spacial score (nSPS) is 18.9. The monoisotopic (exact) mass is 359 g/mol. The molecule has 1 fully saturated rings. The molecule has 130 valence electrons. The number of carbonyl (C=O) groups excluding carboxylic acids is 1. The number of carbonyl (C=O) groups is 1. The Hall–Kier alpha value is -1.15. The van der Waals surface area contributed by atoms with Crippen molar-refractivity contribution in [2.24, 2.45) is 5.92 Å². The summed E-state index contributed by atoms with van der Waals surface area (Å²) in [6.45, 7) is 3.87. The van der Waals surface area contributed by atoms with E-state index < -0.39 is 9.84 Å². The third kappa shape index (κ3) is 6.10. The molecule has 0 saturated carbocycles. The minimum Gasteiger partial charge on any atom is -0.338 e. The van der Waals surface area contributed by atoms with E-state index in [4.69, 9.17) is 0 Å². The highest BCUT2D eigenvalue weighted by Crippen LogP contribution is 2.18. The van der Waals surface area contributed by atoms with Crippen molar-refractivity contribution in [2.45, 2.75) is 32.6 Å². The maximum atomic E-state index is 12.2. The summed E-state index contributed by atoms with van der Waals surface area (Å²) in [6, 6.07) is -0.0794. The number of nitrogens with zero attached hydrogens (tertiary/aromatic N) is 2. The fourth-order valence-electron chi connectivity index (χ4n) is 2.94. The Labute approximate surface area is 142 Å². The molecule has 1 aliphatic heterocycles. The molecule has 1 aliphatic rings. The third-order valence-electron chi connectivity index (χ3n) is 4.05. The molecule has 1 unspecified atom stereocenters. The second-order valence-electron chi connectivity index (χ2n) is 6.24. The first kappa shape index (κ1) is 18.2. The van der Waals surface area contributed by atoms with Crippen LogP contribution in [-0.2, 0) is 16.3 Å². The fourth-order valence-corrected chi connectivity index (χ4v) is 4.89. The van der Waals surface area contributed by atoms with Crippen molar-refractivity contribution in [2.75, 3.05) is 31.6 Å². The molecule has 2 heterocycles. The van der Waals surface area contributed by atoms with Gasteiger partial charge >= 0.3 is 6.03 Å². The highest BCUT2D eigenvalue weighted by Gasteiger charge is 2.25. The second-order valence-corrected chi connectivity index (χ2v) is 9.37. The lowest BCUT2D eigenvalue weighted by Gasteiger charge is -2.32. The van der Waals surface area contributed by atoms with E-state index in [1.807, 2.05) is 12.4 Å². The second kappa shape index (κ2) is 8.10. The summed E-state index contributed by atoms with van der Waals surface area (Å²) in [7, 11) is -2.99. The van der Waals surface area contributed by atoms with Gasteiger partial charge in [0.2, 0.25) is 0 Å². The van der Waals surface area contributed by atoms with Crippen LogP contribution in [0.1, 0.15) is 29.8 Å². The lowest BCUT2D eigenvalue weighted by molar-refractivity contribution is 0.170. The van der Waals surface area contributed by atoms with Crippen LogP contribution in [0.25, 0.3) is 0 Å². The Morgan fingerprint density at radius 1 is 1.52 bits per heavy atom. The van der Waals surface area contributed by atoms with Crippen LogP contribution in [0.15, 0.2) is 5.51 Å². The average Bonchev–Trinajstić information content (AvgIpc) is 2.87. The number of nitrogens with one attached hydrogen (secondary N) is 1. The van der Waals surface area contributed by atoms with Crippen molar-refractivity contribution in [3.63, 3.8) is 0 Å². The summed E-state index contributed by atoms with van der Waals surface area (Å²) in [5, 5.41) is 2.94. The first-order valence-electron chi connectivity index (χ1n) is 7.94. The van der Waals surface area contributed by atoms with E-state index in [1.54, 1.807) is 16.2 Å². The minimum atomic E-state index is -2.99. The number of likely N-dealkylation sites (tertiary alicyclic amines) is 1. The van der Waals surface area contributed by atoms with Crippen LogP contribution in [0.4, 0.5) is 4.79 Å². The van der Waals surface area contributed by atoms with E-state index in [9.17, 15) is 13.2 Å².